The first-order chi connectivity index (χ1) is 14.6. The number of ether oxygens (including phenoxy) is 3. The Balaban J connectivity index is 1.61. The van der Waals surface area contributed by atoms with Crippen molar-refractivity contribution in [3.63, 3.8) is 0 Å². The highest BCUT2D eigenvalue weighted by Crippen LogP contribution is 2.39. The van der Waals surface area contributed by atoms with Crippen LogP contribution in [-0.2, 0) is 9.53 Å². The molecular formula is C22H27N3O5. The normalized spacial score (nSPS) is 21.6. The van der Waals surface area contributed by atoms with Gasteiger partial charge in [-0.25, -0.2) is 9.78 Å². The van der Waals surface area contributed by atoms with Gasteiger partial charge in [0, 0.05) is 31.4 Å². The Hall–Kier alpha value is -3.03. The molecule has 1 saturated heterocycles. The molecule has 2 atom stereocenters. The van der Waals surface area contributed by atoms with E-state index in [1.807, 2.05) is 18.2 Å². The molecule has 1 aromatic heterocycles. The van der Waals surface area contributed by atoms with Crippen LogP contribution in [0.15, 0.2) is 36.9 Å². The van der Waals surface area contributed by atoms with Crippen LogP contribution >= 0.6 is 0 Å². The van der Waals surface area contributed by atoms with Crippen LogP contribution in [-0.4, -0.2) is 59.9 Å². The van der Waals surface area contributed by atoms with E-state index < -0.39 is 5.92 Å². The Morgan fingerprint density at radius 1 is 1.10 bits per heavy atom. The minimum absolute atomic E-state index is 0.188. The number of hydrogen-bond acceptors (Lipinski definition) is 6. The van der Waals surface area contributed by atoms with E-state index in [2.05, 4.69) is 4.98 Å². The minimum atomic E-state index is -0.449. The number of imidazole rings is 1. The van der Waals surface area contributed by atoms with Crippen molar-refractivity contribution in [2.24, 2.45) is 5.92 Å². The lowest BCUT2D eigenvalue weighted by molar-refractivity contribution is -0.145. The highest BCUT2D eigenvalue weighted by molar-refractivity contribution is 5.80. The number of amides is 1. The second-order valence-corrected chi connectivity index (χ2v) is 7.83. The first-order valence-corrected chi connectivity index (χ1v) is 10.3. The Bertz CT molecular complexity index is 892. The highest BCUT2D eigenvalue weighted by atomic mass is 16.5. The van der Waals surface area contributed by atoms with Crippen LogP contribution in [0.5, 0.6) is 11.5 Å². The molecule has 2 heterocycles. The van der Waals surface area contributed by atoms with Crippen molar-refractivity contribution in [3.8, 4) is 11.5 Å². The summed E-state index contributed by atoms with van der Waals surface area (Å²) in [5.74, 6) is 0.390. The number of carbonyl (C=O) groups excluding carboxylic acids is 2. The molecule has 0 unspecified atom stereocenters. The summed E-state index contributed by atoms with van der Waals surface area (Å²) in [7, 11) is 3.00. The number of carbonyl (C=O) groups is 2. The first-order valence-electron chi connectivity index (χ1n) is 10.3. The van der Waals surface area contributed by atoms with E-state index in [0.29, 0.717) is 24.6 Å². The maximum absolute atomic E-state index is 12.8. The van der Waals surface area contributed by atoms with Crippen LogP contribution in [0.1, 0.15) is 37.2 Å². The van der Waals surface area contributed by atoms with Gasteiger partial charge < -0.3 is 19.1 Å². The summed E-state index contributed by atoms with van der Waals surface area (Å²) >= 11 is 0. The predicted molar refractivity (Wildman–Crippen MR) is 109 cm³/mol. The molecule has 1 aromatic carbocycles. The van der Waals surface area contributed by atoms with Crippen molar-refractivity contribution in [1.29, 1.82) is 0 Å². The fourth-order valence-electron chi connectivity index (χ4n) is 4.43. The molecule has 0 spiro atoms. The monoisotopic (exact) mass is 413 g/mol. The number of rotatable bonds is 5. The summed E-state index contributed by atoms with van der Waals surface area (Å²) in [6.07, 6.45) is 9.22. The maximum Gasteiger partial charge on any atom is 0.329 e. The molecule has 0 N–H and O–H groups in total. The Kier molecular flexibility index (Phi) is 5.92. The van der Waals surface area contributed by atoms with Gasteiger partial charge >= 0.3 is 12.0 Å². The van der Waals surface area contributed by atoms with Crippen LogP contribution in [0.4, 0.5) is 4.79 Å². The Morgan fingerprint density at radius 3 is 2.57 bits per heavy atom. The first kappa shape index (κ1) is 20.3. The summed E-state index contributed by atoms with van der Waals surface area (Å²) in [5, 5.41) is 0. The lowest BCUT2D eigenvalue weighted by Gasteiger charge is -2.20. The molecule has 8 heteroatoms. The standard InChI is InChI=1S/C22H27N3O5/c1-28-19-8-7-15(11-20(19)30-16-5-3-4-6-16)17-12-25(13-18(17)21(26)29-2)22(27)24-10-9-23-14-24/h7-11,14,16-18H,3-6,12-13H2,1-2H3/t17-,18+/m0/s1. The van der Waals surface area contributed by atoms with Gasteiger partial charge in [-0.15, -0.1) is 0 Å². The van der Waals surface area contributed by atoms with E-state index in [0.717, 1.165) is 18.4 Å². The van der Waals surface area contributed by atoms with Crippen LogP contribution in [0.2, 0.25) is 0 Å². The Morgan fingerprint density at radius 2 is 1.90 bits per heavy atom. The smallest absolute Gasteiger partial charge is 0.329 e. The third-order valence-electron chi connectivity index (χ3n) is 6.03. The van der Waals surface area contributed by atoms with Crippen molar-refractivity contribution in [2.75, 3.05) is 27.3 Å². The summed E-state index contributed by atoms with van der Waals surface area (Å²) in [6.45, 7) is 0.700. The average molecular weight is 413 g/mol. The van der Waals surface area contributed by atoms with Crippen LogP contribution < -0.4 is 9.47 Å². The van der Waals surface area contributed by atoms with Gasteiger partial charge in [-0.1, -0.05) is 6.07 Å². The zero-order valence-corrected chi connectivity index (χ0v) is 17.3. The van der Waals surface area contributed by atoms with Crippen molar-refractivity contribution >= 4 is 12.0 Å². The van der Waals surface area contributed by atoms with Gasteiger partial charge in [-0.2, -0.15) is 0 Å². The molecule has 8 nitrogen and oxygen atoms in total. The second-order valence-electron chi connectivity index (χ2n) is 7.83. The zero-order valence-electron chi connectivity index (χ0n) is 17.3. The lowest BCUT2D eigenvalue weighted by atomic mass is 9.89. The van der Waals surface area contributed by atoms with Gasteiger partial charge in [0.2, 0.25) is 0 Å². The number of esters is 1. The van der Waals surface area contributed by atoms with Crippen molar-refractivity contribution in [3.05, 3.63) is 42.5 Å². The quantitative estimate of drug-likeness (QED) is 0.701. The molecule has 30 heavy (non-hydrogen) atoms. The van der Waals surface area contributed by atoms with Crippen LogP contribution in [0.25, 0.3) is 0 Å². The summed E-state index contributed by atoms with van der Waals surface area (Å²) in [4.78, 5) is 30.9. The van der Waals surface area contributed by atoms with Gasteiger partial charge in [-0.3, -0.25) is 9.36 Å². The van der Waals surface area contributed by atoms with E-state index in [-0.39, 0.29) is 24.0 Å². The molecule has 0 bridgehead atoms. The van der Waals surface area contributed by atoms with E-state index in [1.54, 1.807) is 24.4 Å². The SMILES string of the molecule is COC(=O)[C@@H]1CN(C(=O)n2ccnc2)C[C@H]1c1ccc(OC)c(OC2CCCC2)c1. The van der Waals surface area contributed by atoms with Gasteiger partial charge in [0.15, 0.2) is 11.5 Å². The maximum atomic E-state index is 12.8. The molecule has 1 aliphatic carbocycles. The summed E-state index contributed by atoms with van der Waals surface area (Å²) < 4.78 is 18.2. The van der Waals surface area contributed by atoms with Crippen molar-refractivity contribution < 1.29 is 23.8 Å². The minimum Gasteiger partial charge on any atom is -0.493 e. The zero-order chi connectivity index (χ0) is 21.1. The number of aromatic nitrogens is 2. The number of methoxy groups -OCH3 is 2. The van der Waals surface area contributed by atoms with E-state index >= 15 is 0 Å². The predicted octanol–water partition coefficient (Wildman–Crippen LogP) is 3.07. The largest absolute Gasteiger partial charge is 0.493 e. The lowest BCUT2D eigenvalue weighted by Crippen LogP contribution is -2.33. The van der Waals surface area contributed by atoms with Gasteiger partial charge in [0.05, 0.1) is 26.2 Å². The fourth-order valence-corrected chi connectivity index (χ4v) is 4.43. The topological polar surface area (TPSA) is 82.9 Å². The molecule has 4 rings (SSSR count). The Labute approximate surface area is 175 Å². The molecule has 2 aromatic rings. The molecule has 1 aliphatic heterocycles. The van der Waals surface area contributed by atoms with Crippen LogP contribution in [0, 0.1) is 5.92 Å². The molecule has 2 aliphatic rings. The highest BCUT2D eigenvalue weighted by Gasteiger charge is 2.41. The summed E-state index contributed by atoms with van der Waals surface area (Å²) in [6, 6.07) is 5.54. The number of benzene rings is 1. The van der Waals surface area contributed by atoms with E-state index in [9.17, 15) is 9.59 Å². The average Bonchev–Trinajstić information content (AvgIpc) is 3.54. The number of hydrogen-bond donors (Lipinski definition) is 0. The van der Waals surface area contributed by atoms with Crippen molar-refractivity contribution in [2.45, 2.75) is 37.7 Å². The van der Waals surface area contributed by atoms with E-state index in [1.165, 1.54) is 30.8 Å². The third kappa shape index (κ3) is 3.99. The van der Waals surface area contributed by atoms with E-state index in [4.69, 9.17) is 14.2 Å². The van der Waals surface area contributed by atoms with Gasteiger partial charge in [0.1, 0.15) is 6.33 Å². The molecular weight excluding hydrogens is 386 g/mol. The molecule has 1 saturated carbocycles. The van der Waals surface area contributed by atoms with Gasteiger partial charge in [0.25, 0.3) is 0 Å². The molecule has 2 fully saturated rings. The third-order valence-corrected chi connectivity index (χ3v) is 6.03. The second kappa shape index (κ2) is 8.77. The molecule has 1 amide bonds. The number of likely N-dealkylation sites (tertiary alicyclic amines) is 1. The fraction of sp³-hybridized carbons (Fsp3) is 0.500. The van der Waals surface area contributed by atoms with Crippen LogP contribution in [0.3, 0.4) is 0 Å². The van der Waals surface area contributed by atoms with Gasteiger partial charge in [-0.05, 0) is 43.4 Å². The summed E-state index contributed by atoms with van der Waals surface area (Å²) in [5.41, 5.74) is 0.931. The van der Waals surface area contributed by atoms with Crippen molar-refractivity contribution in [1.82, 2.24) is 14.5 Å². The molecule has 160 valence electrons. The number of nitrogens with zero attached hydrogens (tertiary/aromatic N) is 3. The molecule has 0 radical (unpaired) electrons.